The van der Waals surface area contributed by atoms with E-state index in [1.54, 1.807) is 13.8 Å². The minimum absolute atomic E-state index is 0.0196. The number of carbonyl (C=O) groups is 3. The fourth-order valence-corrected chi connectivity index (χ4v) is 6.45. The molecule has 1 amide bonds. The first-order valence-corrected chi connectivity index (χ1v) is 10.4. The molecule has 2 aliphatic rings. The van der Waals surface area contributed by atoms with E-state index < -0.39 is 38.0 Å². The number of β-lactam (4-membered cyclic amide) rings is 1. The summed E-state index contributed by atoms with van der Waals surface area (Å²) in [6.45, 7) is 7.14. The quantitative estimate of drug-likeness (QED) is 0.218. The third-order valence-corrected chi connectivity index (χ3v) is 8.55. The lowest BCUT2D eigenvalue weighted by atomic mass is 9.75. The van der Waals surface area contributed by atoms with Gasteiger partial charge >= 0.3 is 5.97 Å². The molecule has 0 radical (unpaired) electrons. The van der Waals surface area contributed by atoms with Crippen molar-refractivity contribution in [2.75, 3.05) is 6.61 Å². The van der Waals surface area contributed by atoms with E-state index in [9.17, 15) is 19.5 Å². The summed E-state index contributed by atoms with van der Waals surface area (Å²) in [4.78, 5) is 39.2. The van der Waals surface area contributed by atoms with Crippen LogP contribution in [0.15, 0.2) is 36.9 Å². The van der Waals surface area contributed by atoms with Crippen LogP contribution in [0.2, 0.25) is 0 Å². The largest absolute Gasteiger partial charge is 0.460 e. The number of alkyl halides is 1. The number of nitriles is 1. The first-order valence-electron chi connectivity index (χ1n) is 8.75. The van der Waals surface area contributed by atoms with Crippen LogP contribution < -0.4 is 0 Å². The highest BCUT2D eigenvalue weighted by Gasteiger charge is 2.77. The summed E-state index contributed by atoms with van der Waals surface area (Å²) in [5.41, 5.74) is -1.66. The van der Waals surface area contributed by atoms with Crippen LogP contribution in [0, 0.1) is 11.3 Å². The van der Waals surface area contributed by atoms with Gasteiger partial charge < -0.3 is 14.7 Å². The Balaban J connectivity index is 2.00. The summed E-state index contributed by atoms with van der Waals surface area (Å²) in [6, 6.07) is 6.89. The van der Waals surface area contributed by atoms with Crippen molar-refractivity contribution in [3.8, 4) is 6.07 Å². The normalized spacial score (nSPS) is 29.1. The topological polar surface area (TPSA) is 108 Å². The van der Waals surface area contributed by atoms with Crippen molar-refractivity contribution >= 4 is 45.9 Å². The highest BCUT2D eigenvalue weighted by atomic mass is 79.9. The third kappa shape index (κ3) is 2.93. The second-order valence-corrected chi connectivity index (χ2v) is 10.4. The van der Waals surface area contributed by atoms with E-state index in [2.05, 4.69) is 22.5 Å². The summed E-state index contributed by atoms with van der Waals surface area (Å²) in [7, 11) is 0. The Morgan fingerprint density at radius 3 is 2.62 bits per heavy atom. The summed E-state index contributed by atoms with van der Waals surface area (Å²) < 4.78 is 2.79. The number of hydrogen-bond donors (Lipinski definition) is 1. The van der Waals surface area contributed by atoms with E-state index in [0.29, 0.717) is 11.8 Å². The zero-order valence-corrected chi connectivity index (χ0v) is 18.2. The predicted molar refractivity (Wildman–Crippen MR) is 110 cm³/mol. The van der Waals surface area contributed by atoms with Crippen LogP contribution in [0.4, 0.5) is 0 Å². The van der Waals surface area contributed by atoms with Gasteiger partial charge in [0.2, 0.25) is 5.91 Å². The number of rotatable bonds is 6. The Bertz CT molecular complexity index is 928. The molecule has 2 fully saturated rings. The highest BCUT2D eigenvalue weighted by molar-refractivity contribution is 9.10. The molecule has 3 rings (SSSR count). The lowest BCUT2D eigenvalue weighted by Gasteiger charge is -2.55. The van der Waals surface area contributed by atoms with Crippen molar-refractivity contribution in [2.45, 2.75) is 39.9 Å². The van der Waals surface area contributed by atoms with E-state index in [1.807, 2.05) is 6.07 Å². The second-order valence-electron chi connectivity index (χ2n) is 7.39. The Morgan fingerprint density at radius 1 is 1.48 bits per heavy atom. The van der Waals surface area contributed by atoms with Gasteiger partial charge in [-0.3, -0.25) is 9.59 Å². The Hall–Kier alpha value is -2.15. The number of aldehydes is 1. The minimum atomic E-state index is -2.19. The van der Waals surface area contributed by atoms with Crippen molar-refractivity contribution in [1.82, 2.24) is 4.90 Å². The number of nitrogens with zero attached hydrogens (tertiary/aromatic N) is 2. The molecule has 1 aromatic rings. The maximum absolute atomic E-state index is 13.2. The Kier molecular flexibility index (Phi) is 5.41. The Morgan fingerprint density at radius 2 is 2.10 bits per heavy atom. The standard InChI is InChI=1S/C20H19BrN2O5S/c1-4-9-28-15(25)14-18(2,3)29-17-20(21,16(26)23(14)17)19(27,11-24)13-7-5-12(10-22)6-8-13/h4-8,11,14,17,27H,1,9H2,2-3H3/t14-,17+,19?,20?/m0/s1. The van der Waals surface area contributed by atoms with Gasteiger partial charge in [0.05, 0.1) is 11.6 Å². The first kappa shape index (κ1) is 21.6. The number of esters is 1. The monoisotopic (exact) mass is 478 g/mol. The van der Waals surface area contributed by atoms with Gasteiger partial charge in [-0.15, -0.1) is 11.8 Å². The van der Waals surface area contributed by atoms with Gasteiger partial charge in [0.25, 0.3) is 0 Å². The van der Waals surface area contributed by atoms with Crippen molar-refractivity contribution in [1.29, 1.82) is 5.26 Å². The molecule has 2 aliphatic heterocycles. The van der Waals surface area contributed by atoms with E-state index in [4.69, 9.17) is 10.00 Å². The molecular weight excluding hydrogens is 460 g/mol. The molecule has 0 aliphatic carbocycles. The number of thioether (sulfide) groups is 1. The fourth-order valence-electron chi connectivity index (χ4n) is 3.73. The van der Waals surface area contributed by atoms with Crippen LogP contribution in [0.1, 0.15) is 25.0 Å². The van der Waals surface area contributed by atoms with E-state index >= 15 is 0 Å². The number of ether oxygens (including phenoxy) is 1. The van der Waals surface area contributed by atoms with E-state index in [1.165, 1.54) is 47.0 Å². The molecule has 0 spiro atoms. The molecule has 1 N–H and O–H groups in total. The molecule has 0 bridgehead atoms. The predicted octanol–water partition coefficient (Wildman–Crippen LogP) is 1.87. The molecule has 1 aromatic carbocycles. The van der Waals surface area contributed by atoms with Gasteiger partial charge in [-0.05, 0) is 31.5 Å². The van der Waals surface area contributed by atoms with Crippen molar-refractivity contribution in [2.24, 2.45) is 0 Å². The molecule has 7 nitrogen and oxygen atoms in total. The lowest BCUT2D eigenvalue weighted by molar-refractivity contribution is -0.174. The first-order chi connectivity index (χ1) is 13.6. The number of amides is 1. The van der Waals surface area contributed by atoms with Crippen molar-refractivity contribution in [3.05, 3.63) is 48.0 Å². The SMILES string of the molecule is C=CCOC(=O)[C@@H]1N2C(=O)C(Br)(C(O)(C=O)c3ccc(C#N)cc3)[C@H]2SC1(C)C. The molecule has 0 aromatic heterocycles. The number of carbonyl (C=O) groups excluding carboxylic acids is 3. The van der Waals surface area contributed by atoms with Gasteiger partial charge in [-0.2, -0.15) is 5.26 Å². The smallest absolute Gasteiger partial charge is 0.330 e. The number of aliphatic hydroxyl groups is 1. The van der Waals surface area contributed by atoms with Gasteiger partial charge in [0.1, 0.15) is 18.0 Å². The van der Waals surface area contributed by atoms with Gasteiger partial charge in [0, 0.05) is 4.75 Å². The summed E-state index contributed by atoms with van der Waals surface area (Å²) in [6.07, 6.45) is 1.75. The molecule has 2 saturated heterocycles. The second kappa shape index (κ2) is 7.27. The molecule has 29 heavy (non-hydrogen) atoms. The number of hydrogen-bond acceptors (Lipinski definition) is 7. The molecule has 2 unspecified atom stereocenters. The molecule has 4 atom stereocenters. The summed E-state index contributed by atoms with van der Waals surface area (Å²) >= 11 is 4.65. The summed E-state index contributed by atoms with van der Waals surface area (Å²) in [5, 5.41) is 19.6. The number of halogens is 1. The highest BCUT2D eigenvalue weighted by Crippen LogP contribution is 2.62. The van der Waals surface area contributed by atoms with E-state index in [-0.39, 0.29) is 12.2 Å². The fraction of sp³-hybridized carbons (Fsp3) is 0.400. The zero-order chi connectivity index (χ0) is 21.6. The Labute approximate surface area is 180 Å². The van der Waals surface area contributed by atoms with Crippen LogP contribution in [0.3, 0.4) is 0 Å². The van der Waals surface area contributed by atoms with Gasteiger partial charge in [0.15, 0.2) is 16.2 Å². The minimum Gasteiger partial charge on any atom is -0.460 e. The molecule has 9 heteroatoms. The van der Waals surface area contributed by atoms with E-state index in [0.717, 1.165) is 0 Å². The molecule has 2 heterocycles. The molecule has 152 valence electrons. The van der Waals surface area contributed by atoms with Gasteiger partial charge in [-0.1, -0.05) is 40.7 Å². The van der Waals surface area contributed by atoms with Crippen molar-refractivity contribution in [3.63, 3.8) is 0 Å². The zero-order valence-electron chi connectivity index (χ0n) is 15.8. The third-order valence-electron chi connectivity index (χ3n) is 5.24. The maximum Gasteiger partial charge on any atom is 0.330 e. The van der Waals surface area contributed by atoms with Crippen LogP contribution in [0.25, 0.3) is 0 Å². The van der Waals surface area contributed by atoms with Crippen LogP contribution >= 0.6 is 27.7 Å². The van der Waals surface area contributed by atoms with Gasteiger partial charge in [-0.25, -0.2) is 4.79 Å². The summed E-state index contributed by atoms with van der Waals surface area (Å²) in [5.74, 6) is -1.15. The van der Waals surface area contributed by atoms with Crippen LogP contribution in [0.5, 0.6) is 0 Å². The van der Waals surface area contributed by atoms with Crippen LogP contribution in [-0.4, -0.2) is 55.3 Å². The van der Waals surface area contributed by atoms with Crippen molar-refractivity contribution < 1.29 is 24.2 Å². The number of benzene rings is 1. The average molecular weight is 479 g/mol. The average Bonchev–Trinajstić information content (AvgIpc) is 2.99. The molecule has 0 saturated carbocycles. The number of fused-ring (bicyclic) bond motifs is 1. The van der Waals surface area contributed by atoms with Crippen LogP contribution in [-0.2, 0) is 24.7 Å². The molecular formula is C20H19BrN2O5S. The maximum atomic E-state index is 13.2. The lowest BCUT2D eigenvalue weighted by Crippen LogP contribution is -2.77.